The van der Waals surface area contributed by atoms with E-state index in [9.17, 15) is 0 Å². The second-order valence-corrected chi connectivity index (χ2v) is 2.44. The van der Waals surface area contributed by atoms with Gasteiger partial charge in [0.15, 0.2) is 6.61 Å². The second kappa shape index (κ2) is 4.40. The van der Waals surface area contributed by atoms with Gasteiger partial charge in [0.1, 0.15) is 11.8 Å². The Morgan fingerprint density at radius 3 is 2.50 bits per heavy atom. The van der Waals surface area contributed by atoms with Gasteiger partial charge in [-0.3, -0.25) is 0 Å². The summed E-state index contributed by atoms with van der Waals surface area (Å²) in [6.45, 7) is 2.22. The van der Waals surface area contributed by atoms with Crippen molar-refractivity contribution in [3.05, 3.63) is 29.8 Å². The average molecular weight is 161 g/mol. The molecule has 0 atom stereocenters. The van der Waals surface area contributed by atoms with Gasteiger partial charge in [-0.25, -0.2) is 0 Å². The number of aryl methyl sites for hydroxylation is 1. The van der Waals surface area contributed by atoms with Crippen molar-refractivity contribution in [1.82, 2.24) is 0 Å². The Balaban J connectivity index is 2.60. The maximum atomic E-state index is 8.25. The van der Waals surface area contributed by atoms with E-state index < -0.39 is 0 Å². The van der Waals surface area contributed by atoms with Crippen molar-refractivity contribution in [3.8, 4) is 11.8 Å². The van der Waals surface area contributed by atoms with E-state index in [1.54, 1.807) is 0 Å². The fraction of sp³-hybridized carbons (Fsp3) is 0.300. The highest BCUT2D eigenvalue weighted by Crippen LogP contribution is 2.11. The van der Waals surface area contributed by atoms with Crippen molar-refractivity contribution in [2.45, 2.75) is 13.3 Å². The molecule has 0 aromatic heterocycles. The Bertz CT molecular complexity index is 271. The molecule has 0 saturated heterocycles. The Labute approximate surface area is 72.4 Å². The molecule has 0 aliphatic carbocycles. The first-order valence-corrected chi connectivity index (χ1v) is 3.95. The van der Waals surface area contributed by atoms with Crippen molar-refractivity contribution in [2.75, 3.05) is 6.61 Å². The van der Waals surface area contributed by atoms with Gasteiger partial charge in [0.05, 0.1) is 0 Å². The van der Waals surface area contributed by atoms with Crippen LogP contribution >= 0.6 is 0 Å². The molecule has 0 amide bonds. The maximum Gasteiger partial charge on any atom is 0.174 e. The molecule has 2 heteroatoms. The number of rotatable bonds is 3. The molecule has 1 rings (SSSR count). The van der Waals surface area contributed by atoms with E-state index in [1.807, 2.05) is 30.3 Å². The summed E-state index contributed by atoms with van der Waals surface area (Å²) in [5, 5.41) is 8.25. The van der Waals surface area contributed by atoms with E-state index in [4.69, 9.17) is 10.00 Å². The van der Waals surface area contributed by atoms with Gasteiger partial charge in [-0.2, -0.15) is 5.26 Å². The predicted molar refractivity (Wildman–Crippen MR) is 46.9 cm³/mol. The third-order valence-corrected chi connectivity index (χ3v) is 1.63. The van der Waals surface area contributed by atoms with E-state index in [0.29, 0.717) is 0 Å². The Morgan fingerprint density at radius 1 is 1.33 bits per heavy atom. The zero-order chi connectivity index (χ0) is 8.81. The molecule has 0 aliphatic rings. The van der Waals surface area contributed by atoms with E-state index in [1.165, 1.54) is 5.56 Å². The fourth-order valence-corrected chi connectivity index (χ4v) is 0.937. The molecule has 2 nitrogen and oxygen atoms in total. The van der Waals surface area contributed by atoms with Crippen LogP contribution in [0.1, 0.15) is 12.5 Å². The highest BCUT2D eigenvalue weighted by molar-refractivity contribution is 5.27. The lowest BCUT2D eigenvalue weighted by Crippen LogP contribution is -1.92. The first-order valence-electron chi connectivity index (χ1n) is 3.95. The molecule has 0 aliphatic heterocycles. The number of nitriles is 1. The van der Waals surface area contributed by atoms with Crippen LogP contribution in [0.15, 0.2) is 24.3 Å². The molecule has 0 saturated carbocycles. The molecule has 1 aromatic carbocycles. The minimum absolute atomic E-state index is 0.117. The number of benzene rings is 1. The fourth-order valence-electron chi connectivity index (χ4n) is 0.937. The molecule has 62 valence electrons. The summed E-state index contributed by atoms with van der Waals surface area (Å²) in [7, 11) is 0. The summed E-state index contributed by atoms with van der Waals surface area (Å²) in [6, 6.07) is 9.71. The largest absolute Gasteiger partial charge is 0.479 e. The third kappa shape index (κ3) is 2.28. The summed E-state index contributed by atoms with van der Waals surface area (Å²) >= 11 is 0. The highest BCUT2D eigenvalue weighted by Gasteiger charge is 1.92. The number of ether oxygens (including phenoxy) is 1. The molecule has 12 heavy (non-hydrogen) atoms. The van der Waals surface area contributed by atoms with Gasteiger partial charge >= 0.3 is 0 Å². The zero-order valence-corrected chi connectivity index (χ0v) is 7.08. The van der Waals surface area contributed by atoms with Crippen LogP contribution in [0.25, 0.3) is 0 Å². The van der Waals surface area contributed by atoms with Crippen LogP contribution in [0, 0.1) is 11.3 Å². The molecule has 0 spiro atoms. The smallest absolute Gasteiger partial charge is 0.174 e. The summed E-state index contributed by atoms with van der Waals surface area (Å²) in [5.41, 5.74) is 1.28. The third-order valence-electron chi connectivity index (χ3n) is 1.63. The molecule has 0 heterocycles. The Hall–Kier alpha value is -1.49. The van der Waals surface area contributed by atoms with Crippen LogP contribution in [0.2, 0.25) is 0 Å². The molecule has 0 fully saturated rings. The number of hydrogen-bond acceptors (Lipinski definition) is 2. The second-order valence-electron chi connectivity index (χ2n) is 2.44. The van der Waals surface area contributed by atoms with Gasteiger partial charge in [-0.15, -0.1) is 0 Å². The molecule has 0 unspecified atom stereocenters. The van der Waals surface area contributed by atoms with Crippen LogP contribution in [0.5, 0.6) is 5.75 Å². The number of hydrogen-bond donors (Lipinski definition) is 0. The van der Waals surface area contributed by atoms with Gasteiger partial charge in [0, 0.05) is 0 Å². The van der Waals surface area contributed by atoms with E-state index in [0.717, 1.165) is 12.2 Å². The molecule has 1 aromatic rings. The molecule has 0 bridgehead atoms. The van der Waals surface area contributed by atoms with Gasteiger partial charge in [0.2, 0.25) is 0 Å². The predicted octanol–water partition coefficient (Wildman–Crippen LogP) is 2.15. The monoisotopic (exact) mass is 161 g/mol. The SMILES string of the molecule is CCc1ccc(OCC#N)cc1. The van der Waals surface area contributed by atoms with Crippen molar-refractivity contribution < 1.29 is 4.74 Å². The normalized spacial score (nSPS) is 9.00. The van der Waals surface area contributed by atoms with Gasteiger partial charge in [-0.1, -0.05) is 19.1 Å². The molecular weight excluding hydrogens is 150 g/mol. The van der Waals surface area contributed by atoms with Crippen molar-refractivity contribution in [1.29, 1.82) is 5.26 Å². The van der Waals surface area contributed by atoms with E-state index in [2.05, 4.69) is 6.92 Å². The summed E-state index contributed by atoms with van der Waals surface area (Å²) < 4.78 is 5.09. The summed E-state index contributed by atoms with van der Waals surface area (Å²) in [5.74, 6) is 0.758. The quantitative estimate of drug-likeness (QED) is 0.680. The lowest BCUT2D eigenvalue weighted by molar-refractivity contribution is 0.368. The minimum atomic E-state index is 0.117. The van der Waals surface area contributed by atoms with Crippen LogP contribution in [0.4, 0.5) is 0 Å². The lowest BCUT2D eigenvalue weighted by Gasteiger charge is -2.01. The van der Waals surface area contributed by atoms with Gasteiger partial charge in [-0.05, 0) is 24.1 Å². The number of nitrogens with zero attached hydrogens (tertiary/aromatic N) is 1. The summed E-state index contributed by atoms with van der Waals surface area (Å²) in [4.78, 5) is 0. The minimum Gasteiger partial charge on any atom is -0.479 e. The van der Waals surface area contributed by atoms with Crippen molar-refractivity contribution in [3.63, 3.8) is 0 Å². The molecule has 0 N–H and O–H groups in total. The Morgan fingerprint density at radius 2 is 2.00 bits per heavy atom. The van der Waals surface area contributed by atoms with Crippen molar-refractivity contribution >= 4 is 0 Å². The van der Waals surface area contributed by atoms with E-state index in [-0.39, 0.29) is 6.61 Å². The van der Waals surface area contributed by atoms with Gasteiger partial charge < -0.3 is 4.74 Å². The van der Waals surface area contributed by atoms with E-state index >= 15 is 0 Å². The molecule has 0 radical (unpaired) electrons. The zero-order valence-electron chi connectivity index (χ0n) is 7.08. The first-order chi connectivity index (χ1) is 5.86. The average Bonchev–Trinajstić information content (AvgIpc) is 2.15. The van der Waals surface area contributed by atoms with Crippen LogP contribution in [0.3, 0.4) is 0 Å². The maximum absolute atomic E-state index is 8.25. The topological polar surface area (TPSA) is 33.0 Å². The standard InChI is InChI=1S/C10H11NO/c1-2-9-3-5-10(6-4-9)12-8-7-11/h3-6H,2,8H2,1H3. The highest BCUT2D eigenvalue weighted by atomic mass is 16.5. The summed E-state index contributed by atoms with van der Waals surface area (Å²) in [6.07, 6.45) is 1.03. The molecular formula is C10H11NO. The Kier molecular flexibility index (Phi) is 3.16. The lowest BCUT2D eigenvalue weighted by atomic mass is 10.2. The van der Waals surface area contributed by atoms with Gasteiger partial charge in [0.25, 0.3) is 0 Å². The van der Waals surface area contributed by atoms with Crippen LogP contribution in [-0.2, 0) is 6.42 Å². The van der Waals surface area contributed by atoms with Crippen LogP contribution in [-0.4, -0.2) is 6.61 Å². The van der Waals surface area contributed by atoms with Crippen molar-refractivity contribution in [2.24, 2.45) is 0 Å². The van der Waals surface area contributed by atoms with Crippen LogP contribution < -0.4 is 4.74 Å². The first kappa shape index (κ1) is 8.61.